The Morgan fingerprint density at radius 1 is 1.05 bits per heavy atom. The van der Waals surface area contributed by atoms with E-state index < -0.39 is 0 Å². The molecule has 2 aromatic rings. The van der Waals surface area contributed by atoms with E-state index in [-0.39, 0.29) is 17.8 Å². The van der Waals surface area contributed by atoms with Gasteiger partial charge < -0.3 is 4.74 Å². The van der Waals surface area contributed by atoms with Crippen LogP contribution in [0.15, 0.2) is 67.3 Å². The number of benzene rings is 2. The number of rotatable bonds is 6. The number of ether oxygens (including phenoxy) is 1. The summed E-state index contributed by atoms with van der Waals surface area (Å²) in [5.74, 6) is 0.571. The average Bonchev–Trinajstić information content (AvgIpc) is 2.53. The number of hydrogen-bond acceptors (Lipinski definition) is 2. The highest BCUT2D eigenvalue weighted by Crippen LogP contribution is 2.32. The molecule has 0 saturated heterocycles. The van der Waals surface area contributed by atoms with Crippen LogP contribution < -0.4 is 4.74 Å². The Labute approximate surface area is 126 Å². The Morgan fingerprint density at radius 2 is 1.62 bits per heavy atom. The molecule has 2 heteroatoms. The molecule has 0 spiro atoms. The van der Waals surface area contributed by atoms with Gasteiger partial charge in [0.2, 0.25) is 0 Å². The smallest absolute Gasteiger partial charge is 0.192 e. The van der Waals surface area contributed by atoms with E-state index >= 15 is 0 Å². The fourth-order valence-corrected chi connectivity index (χ4v) is 2.20. The second-order valence-corrected chi connectivity index (χ2v) is 5.47. The van der Waals surface area contributed by atoms with Crippen molar-refractivity contribution >= 4 is 5.78 Å². The van der Waals surface area contributed by atoms with Crippen LogP contribution in [0.3, 0.4) is 0 Å². The van der Waals surface area contributed by atoms with E-state index in [2.05, 4.69) is 44.7 Å². The Balaban J connectivity index is 2.15. The molecule has 0 aliphatic carbocycles. The standard InChI is InChI=1S/C19H20O2/c1-4-17(20)14-21-18-12-10-16(11-13-18)19(2,3)15-8-6-5-7-9-15/h4-13H,1,14H2,2-3H3. The summed E-state index contributed by atoms with van der Waals surface area (Å²) in [6.45, 7) is 7.84. The molecule has 21 heavy (non-hydrogen) atoms. The lowest BCUT2D eigenvalue weighted by Gasteiger charge is -2.26. The summed E-state index contributed by atoms with van der Waals surface area (Å²) >= 11 is 0. The minimum atomic E-state index is -0.122. The largest absolute Gasteiger partial charge is 0.485 e. The van der Waals surface area contributed by atoms with E-state index in [1.165, 1.54) is 17.2 Å². The van der Waals surface area contributed by atoms with Crippen molar-refractivity contribution < 1.29 is 9.53 Å². The van der Waals surface area contributed by atoms with Crippen LogP contribution in [0.5, 0.6) is 5.75 Å². The summed E-state index contributed by atoms with van der Waals surface area (Å²) in [5, 5.41) is 0. The van der Waals surface area contributed by atoms with Crippen LogP contribution in [0, 0.1) is 0 Å². The molecular weight excluding hydrogens is 260 g/mol. The third-order valence-corrected chi connectivity index (χ3v) is 3.68. The first-order chi connectivity index (χ1) is 10.0. The molecular formula is C19H20O2. The van der Waals surface area contributed by atoms with Crippen molar-refractivity contribution in [2.75, 3.05) is 6.61 Å². The molecule has 108 valence electrons. The number of carbonyl (C=O) groups excluding carboxylic acids is 1. The van der Waals surface area contributed by atoms with Crippen LogP contribution >= 0.6 is 0 Å². The van der Waals surface area contributed by atoms with Crippen LogP contribution in [0.4, 0.5) is 0 Å². The molecule has 0 bridgehead atoms. The Kier molecular flexibility index (Phi) is 4.59. The predicted octanol–water partition coefficient (Wildman–Crippen LogP) is 4.15. The van der Waals surface area contributed by atoms with E-state index in [1.807, 2.05) is 30.3 Å². The van der Waals surface area contributed by atoms with Crippen LogP contribution in [0.25, 0.3) is 0 Å². The zero-order valence-corrected chi connectivity index (χ0v) is 12.5. The zero-order chi connectivity index (χ0) is 15.3. The van der Waals surface area contributed by atoms with Gasteiger partial charge >= 0.3 is 0 Å². The number of hydrogen-bond donors (Lipinski definition) is 0. The first kappa shape index (κ1) is 15.0. The van der Waals surface area contributed by atoms with Crippen molar-refractivity contribution in [2.24, 2.45) is 0 Å². The molecule has 0 aliphatic heterocycles. The monoisotopic (exact) mass is 280 g/mol. The van der Waals surface area contributed by atoms with Gasteiger partial charge in [0.15, 0.2) is 12.4 Å². The SMILES string of the molecule is C=CC(=O)COc1ccc(C(C)(C)c2ccccc2)cc1. The van der Waals surface area contributed by atoms with E-state index in [0.29, 0.717) is 5.75 Å². The quantitative estimate of drug-likeness (QED) is 0.743. The van der Waals surface area contributed by atoms with Gasteiger partial charge in [-0.3, -0.25) is 4.79 Å². The van der Waals surface area contributed by atoms with Crippen molar-refractivity contribution in [3.05, 3.63) is 78.4 Å². The van der Waals surface area contributed by atoms with Gasteiger partial charge in [-0.05, 0) is 29.3 Å². The Morgan fingerprint density at radius 3 is 2.19 bits per heavy atom. The van der Waals surface area contributed by atoms with Crippen molar-refractivity contribution in [1.29, 1.82) is 0 Å². The highest BCUT2D eigenvalue weighted by molar-refractivity contribution is 5.90. The van der Waals surface area contributed by atoms with Crippen molar-refractivity contribution in [3.8, 4) is 5.75 Å². The molecule has 0 heterocycles. The number of carbonyl (C=O) groups is 1. The maximum atomic E-state index is 11.2. The molecule has 0 atom stereocenters. The van der Waals surface area contributed by atoms with Crippen molar-refractivity contribution in [2.45, 2.75) is 19.3 Å². The summed E-state index contributed by atoms with van der Waals surface area (Å²) < 4.78 is 5.41. The lowest BCUT2D eigenvalue weighted by Crippen LogP contribution is -2.18. The zero-order valence-electron chi connectivity index (χ0n) is 12.5. The Bertz CT molecular complexity index is 610. The summed E-state index contributed by atoms with van der Waals surface area (Å²) in [5.41, 5.74) is 2.40. The highest BCUT2D eigenvalue weighted by Gasteiger charge is 2.22. The lowest BCUT2D eigenvalue weighted by molar-refractivity contribution is -0.116. The molecule has 2 nitrogen and oxygen atoms in total. The highest BCUT2D eigenvalue weighted by atomic mass is 16.5. The third kappa shape index (κ3) is 3.60. The molecule has 0 unspecified atom stereocenters. The van der Waals surface area contributed by atoms with Crippen molar-refractivity contribution in [1.82, 2.24) is 0 Å². The molecule has 2 rings (SSSR count). The van der Waals surface area contributed by atoms with Crippen LogP contribution in [-0.2, 0) is 10.2 Å². The van der Waals surface area contributed by atoms with Gasteiger partial charge in [-0.2, -0.15) is 0 Å². The summed E-state index contributed by atoms with van der Waals surface area (Å²) in [6.07, 6.45) is 1.27. The topological polar surface area (TPSA) is 26.3 Å². The molecule has 0 amide bonds. The van der Waals surface area contributed by atoms with Crippen LogP contribution in [0.2, 0.25) is 0 Å². The lowest BCUT2D eigenvalue weighted by atomic mass is 9.78. The van der Waals surface area contributed by atoms with E-state index in [0.717, 1.165) is 0 Å². The van der Waals surface area contributed by atoms with Gasteiger partial charge in [-0.1, -0.05) is 62.9 Å². The van der Waals surface area contributed by atoms with Crippen LogP contribution in [0.1, 0.15) is 25.0 Å². The fourth-order valence-electron chi connectivity index (χ4n) is 2.20. The summed E-state index contributed by atoms with van der Waals surface area (Å²) in [6, 6.07) is 18.3. The maximum absolute atomic E-state index is 11.2. The van der Waals surface area contributed by atoms with Crippen molar-refractivity contribution in [3.63, 3.8) is 0 Å². The van der Waals surface area contributed by atoms with Gasteiger partial charge in [0.1, 0.15) is 5.75 Å². The molecule has 0 aliphatic rings. The number of ketones is 1. The van der Waals surface area contributed by atoms with E-state index in [9.17, 15) is 4.79 Å². The van der Waals surface area contributed by atoms with E-state index in [1.54, 1.807) is 0 Å². The second-order valence-electron chi connectivity index (χ2n) is 5.47. The Hall–Kier alpha value is -2.35. The van der Waals surface area contributed by atoms with Gasteiger partial charge in [-0.25, -0.2) is 0 Å². The second kappa shape index (κ2) is 6.40. The van der Waals surface area contributed by atoms with Crippen LogP contribution in [-0.4, -0.2) is 12.4 Å². The predicted molar refractivity (Wildman–Crippen MR) is 85.7 cm³/mol. The molecule has 0 radical (unpaired) electrons. The van der Waals surface area contributed by atoms with Gasteiger partial charge in [-0.15, -0.1) is 0 Å². The average molecular weight is 280 g/mol. The molecule has 2 aromatic carbocycles. The maximum Gasteiger partial charge on any atom is 0.192 e. The molecule has 0 fully saturated rings. The van der Waals surface area contributed by atoms with Gasteiger partial charge in [0.25, 0.3) is 0 Å². The summed E-state index contributed by atoms with van der Waals surface area (Å²) in [7, 11) is 0. The molecule has 0 N–H and O–H groups in total. The normalized spacial score (nSPS) is 11.0. The first-order valence-corrected chi connectivity index (χ1v) is 6.98. The molecule has 0 saturated carbocycles. The summed E-state index contributed by atoms with van der Waals surface area (Å²) in [4.78, 5) is 11.2. The minimum Gasteiger partial charge on any atom is -0.485 e. The van der Waals surface area contributed by atoms with Gasteiger partial charge in [0.05, 0.1) is 0 Å². The first-order valence-electron chi connectivity index (χ1n) is 6.98. The fraction of sp³-hybridized carbons (Fsp3) is 0.211. The van der Waals surface area contributed by atoms with Gasteiger partial charge in [0, 0.05) is 5.41 Å². The molecule has 0 aromatic heterocycles. The third-order valence-electron chi connectivity index (χ3n) is 3.68. The minimum absolute atomic E-state index is 0.0327. The van der Waals surface area contributed by atoms with E-state index in [4.69, 9.17) is 4.74 Å².